The number of rotatable bonds is 10. The van der Waals surface area contributed by atoms with Gasteiger partial charge in [-0.1, -0.05) is 32.3 Å². The van der Waals surface area contributed by atoms with Crippen LogP contribution in [-0.4, -0.2) is 38.5 Å². The van der Waals surface area contributed by atoms with Gasteiger partial charge >= 0.3 is 0 Å². The zero-order valence-corrected chi connectivity index (χ0v) is 14.5. The van der Waals surface area contributed by atoms with Crippen LogP contribution in [0.1, 0.15) is 48.7 Å². The lowest BCUT2D eigenvalue weighted by Crippen LogP contribution is -2.39. The van der Waals surface area contributed by atoms with Crippen LogP contribution in [0.3, 0.4) is 0 Å². The molecule has 1 amide bonds. The molecular formula is C16H28N4OS. The summed E-state index contributed by atoms with van der Waals surface area (Å²) in [7, 11) is 1.78. The van der Waals surface area contributed by atoms with Gasteiger partial charge in [0.2, 0.25) is 0 Å². The summed E-state index contributed by atoms with van der Waals surface area (Å²) in [6.45, 7) is 4.62. The van der Waals surface area contributed by atoms with E-state index in [2.05, 4.69) is 27.9 Å². The van der Waals surface area contributed by atoms with Crippen molar-refractivity contribution in [3.63, 3.8) is 0 Å². The molecule has 0 atom stereocenters. The summed E-state index contributed by atoms with van der Waals surface area (Å²) in [4.78, 5) is 16.7. The van der Waals surface area contributed by atoms with Gasteiger partial charge in [0.05, 0.1) is 4.88 Å². The molecule has 124 valence electrons. The summed E-state index contributed by atoms with van der Waals surface area (Å²) < 4.78 is 0. The average molecular weight is 324 g/mol. The minimum Gasteiger partial charge on any atom is -0.356 e. The first-order valence-electron chi connectivity index (χ1n) is 8.04. The topological polar surface area (TPSA) is 65.5 Å². The number of nitrogens with one attached hydrogen (secondary N) is 3. The van der Waals surface area contributed by atoms with Gasteiger partial charge < -0.3 is 16.0 Å². The predicted molar refractivity (Wildman–Crippen MR) is 94.8 cm³/mol. The lowest BCUT2D eigenvalue weighted by atomic mass is 10.2. The van der Waals surface area contributed by atoms with Gasteiger partial charge in [0.15, 0.2) is 5.96 Å². The van der Waals surface area contributed by atoms with Gasteiger partial charge in [-0.05, 0) is 24.3 Å². The van der Waals surface area contributed by atoms with Gasteiger partial charge in [0, 0.05) is 26.7 Å². The van der Waals surface area contributed by atoms with Crippen LogP contribution in [0.4, 0.5) is 0 Å². The van der Waals surface area contributed by atoms with E-state index in [9.17, 15) is 4.79 Å². The smallest absolute Gasteiger partial charge is 0.261 e. The van der Waals surface area contributed by atoms with E-state index < -0.39 is 0 Å². The summed E-state index contributed by atoms with van der Waals surface area (Å²) in [5, 5.41) is 11.4. The summed E-state index contributed by atoms with van der Waals surface area (Å²) >= 11 is 1.46. The van der Waals surface area contributed by atoms with Gasteiger partial charge in [-0.25, -0.2) is 0 Å². The van der Waals surface area contributed by atoms with Crippen LogP contribution >= 0.6 is 11.3 Å². The quantitative estimate of drug-likeness (QED) is 0.352. The van der Waals surface area contributed by atoms with Crippen LogP contribution in [-0.2, 0) is 0 Å². The van der Waals surface area contributed by atoms with Crippen molar-refractivity contribution < 1.29 is 4.79 Å². The number of guanidine groups is 1. The number of carbonyl (C=O) groups is 1. The summed E-state index contributed by atoms with van der Waals surface area (Å²) in [5.74, 6) is 0.842. The molecule has 1 aromatic heterocycles. The molecule has 1 heterocycles. The second-order valence-corrected chi connectivity index (χ2v) is 6.02. The molecule has 0 radical (unpaired) electrons. The monoisotopic (exact) mass is 324 g/mol. The molecule has 1 aromatic rings. The fourth-order valence-corrected chi connectivity index (χ4v) is 2.61. The highest BCUT2D eigenvalue weighted by atomic mass is 32.1. The Kier molecular flexibility index (Phi) is 10.1. The molecule has 0 aliphatic carbocycles. The van der Waals surface area contributed by atoms with Gasteiger partial charge in [-0.2, -0.15) is 0 Å². The number of carbonyl (C=O) groups excluding carboxylic acids is 1. The van der Waals surface area contributed by atoms with Crippen LogP contribution < -0.4 is 16.0 Å². The van der Waals surface area contributed by atoms with Crippen molar-refractivity contribution in [1.82, 2.24) is 16.0 Å². The number of amides is 1. The first-order valence-corrected chi connectivity index (χ1v) is 8.92. The summed E-state index contributed by atoms with van der Waals surface area (Å²) in [6, 6.07) is 3.72. The Balaban J connectivity index is 2.03. The maximum atomic E-state index is 11.7. The van der Waals surface area contributed by atoms with Crippen LogP contribution in [0.5, 0.6) is 0 Å². The highest BCUT2D eigenvalue weighted by molar-refractivity contribution is 7.12. The predicted octanol–water partition coefficient (Wildman–Crippen LogP) is 2.61. The minimum atomic E-state index is 0.00781. The third-order valence-corrected chi connectivity index (χ3v) is 4.09. The summed E-state index contributed by atoms with van der Waals surface area (Å²) in [5.41, 5.74) is 0. The fraction of sp³-hybridized carbons (Fsp3) is 0.625. The zero-order valence-electron chi connectivity index (χ0n) is 13.7. The molecule has 0 fully saturated rings. The molecule has 0 aliphatic rings. The van der Waals surface area contributed by atoms with E-state index in [-0.39, 0.29) is 5.91 Å². The van der Waals surface area contributed by atoms with Gasteiger partial charge in [-0.15, -0.1) is 11.3 Å². The lowest BCUT2D eigenvalue weighted by Gasteiger charge is -2.11. The molecule has 0 spiro atoms. The maximum Gasteiger partial charge on any atom is 0.261 e. The Morgan fingerprint density at radius 2 is 1.82 bits per heavy atom. The largest absolute Gasteiger partial charge is 0.356 e. The Hall–Kier alpha value is -1.56. The number of nitrogens with zero attached hydrogens (tertiary/aromatic N) is 1. The van der Waals surface area contributed by atoms with Gasteiger partial charge in [0.25, 0.3) is 5.91 Å². The van der Waals surface area contributed by atoms with Crippen molar-refractivity contribution >= 4 is 23.2 Å². The lowest BCUT2D eigenvalue weighted by molar-refractivity contribution is 0.0957. The molecule has 3 N–H and O–H groups in total. The van der Waals surface area contributed by atoms with E-state index in [1.807, 2.05) is 17.5 Å². The Bertz CT molecular complexity index is 431. The van der Waals surface area contributed by atoms with Gasteiger partial charge in [0.1, 0.15) is 0 Å². The molecule has 0 aromatic carbocycles. The highest BCUT2D eigenvalue weighted by Gasteiger charge is 2.04. The zero-order chi connectivity index (χ0) is 16.0. The number of aliphatic imine (C=N–C) groups is 1. The highest BCUT2D eigenvalue weighted by Crippen LogP contribution is 2.07. The number of thiophene rings is 1. The second kappa shape index (κ2) is 12.0. The molecule has 6 heteroatoms. The van der Waals surface area contributed by atoms with Gasteiger partial charge in [-0.3, -0.25) is 9.79 Å². The third-order valence-electron chi connectivity index (χ3n) is 3.22. The Morgan fingerprint density at radius 3 is 2.45 bits per heavy atom. The van der Waals surface area contributed by atoms with Crippen LogP contribution in [0.2, 0.25) is 0 Å². The van der Waals surface area contributed by atoms with E-state index >= 15 is 0 Å². The molecule has 0 aliphatic heterocycles. The van der Waals surface area contributed by atoms with Crippen LogP contribution in [0.15, 0.2) is 22.5 Å². The first-order chi connectivity index (χ1) is 10.8. The van der Waals surface area contributed by atoms with Crippen molar-refractivity contribution in [2.24, 2.45) is 4.99 Å². The normalized spacial score (nSPS) is 11.3. The number of hydrogen-bond acceptors (Lipinski definition) is 3. The second-order valence-electron chi connectivity index (χ2n) is 5.07. The Labute approximate surface area is 137 Å². The van der Waals surface area contributed by atoms with E-state index in [1.54, 1.807) is 7.05 Å². The van der Waals surface area contributed by atoms with E-state index in [0.717, 1.165) is 30.3 Å². The number of unbranched alkanes of at least 4 members (excludes halogenated alkanes) is 3. The summed E-state index contributed by atoms with van der Waals surface area (Å²) in [6.07, 6.45) is 5.84. The Morgan fingerprint density at radius 1 is 1.09 bits per heavy atom. The first kappa shape index (κ1) is 18.5. The van der Waals surface area contributed by atoms with E-state index in [4.69, 9.17) is 0 Å². The number of hydrogen-bond donors (Lipinski definition) is 3. The van der Waals surface area contributed by atoms with Crippen molar-refractivity contribution in [3.8, 4) is 0 Å². The minimum absolute atomic E-state index is 0.00781. The van der Waals surface area contributed by atoms with Crippen molar-refractivity contribution in [1.29, 1.82) is 0 Å². The molecule has 0 bridgehead atoms. The van der Waals surface area contributed by atoms with Crippen molar-refractivity contribution in [2.75, 3.05) is 26.7 Å². The van der Waals surface area contributed by atoms with Crippen molar-refractivity contribution in [2.45, 2.75) is 39.0 Å². The van der Waals surface area contributed by atoms with E-state index in [1.165, 1.54) is 37.0 Å². The molecular weight excluding hydrogens is 296 g/mol. The average Bonchev–Trinajstić information content (AvgIpc) is 3.06. The maximum absolute atomic E-state index is 11.7. The molecule has 1 rings (SSSR count). The van der Waals surface area contributed by atoms with Crippen LogP contribution in [0, 0.1) is 0 Å². The van der Waals surface area contributed by atoms with Crippen LogP contribution in [0.25, 0.3) is 0 Å². The molecule has 5 nitrogen and oxygen atoms in total. The molecule has 0 saturated carbocycles. The molecule has 0 saturated heterocycles. The van der Waals surface area contributed by atoms with Crippen molar-refractivity contribution in [3.05, 3.63) is 22.4 Å². The molecule has 0 unspecified atom stereocenters. The standard InChI is InChI=1S/C16H28N4OS/c1-3-4-5-6-10-19-16(17-2)20-12-8-11-18-15(21)14-9-7-13-22-14/h7,9,13H,3-6,8,10-12H2,1-2H3,(H,18,21)(H2,17,19,20). The van der Waals surface area contributed by atoms with E-state index in [0.29, 0.717) is 6.54 Å². The SMILES string of the molecule is CCCCCCNC(=NC)NCCCNC(=O)c1cccs1. The third kappa shape index (κ3) is 8.02. The fourth-order valence-electron chi connectivity index (χ4n) is 1.97. The molecule has 22 heavy (non-hydrogen) atoms.